The van der Waals surface area contributed by atoms with E-state index in [0.717, 1.165) is 51.8 Å². The van der Waals surface area contributed by atoms with Gasteiger partial charge in [0.25, 0.3) is 0 Å². The molecule has 0 bridgehead atoms. The number of anilines is 3. The molecular formula is C62H43NOS. The Morgan fingerprint density at radius 1 is 0.569 bits per heavy atom. The molecule has 0 atom stereocenters. The van der Waals surface area contributed by atoms with Crippen LogP contribution in [0.15, 0.2) is 222 Å². The van der Waals surface area contributed by atoms with Crippen LogP contribution in [0.4, 0.5) is 17.1 Å². The highest BCUT2D eigenvalue weighted by Gasteiger charge is 2.47. The molecule has 2 heterocycles. The highest BCUT2D eigenvalue weighted by Crippen LogP contribution is 2.59. The minimum absolute atomic E-state index is 0.566. The number of allylic oxidation sites excluding steroid dienone is 5. The lowest BCUT2D eigenvalue weighted by Gasteiger charge is -2.35. The van der Waals surface area contributed by atoms with Crippen LogP contribution in [0.1, 0.15) is 46.0 Å². The van der Waals surface area contributed by atoms with Crippen LogP contribution in [0, 0.1) is 0 Å². The van der Waals surface area contributed by atoms with E-state index < -0.39 is 5.41 Å². The zero-order valence-electron chi connectivity index (χ0n) is 36.0. The molecule has 0 saturated carbocycles. The third-order valence-corrected chi connectivity index (χ3v) is 15.0. The fourth-order valence-corrected chi connectivity index (χ4v) is 12.2. The highest BCUT2D eigenvalue weighted by molar-refractivity contribution is 7.20. The Balaban J connectivity index is 1.06. The molecule has 65 heavy (non-hydrogen) atoms. The standard InChI is InChI=1S/C62H43NOS/c1-2-3-6-15-40-24-35-58-53(36-40)50-30-27-47(39-59(50)65-58)63(46-29-32-52-57(38-46)64-56-34-26-42-17-12-14-23-49(42)61(52)56)45-28-31-51-55(37-45)62(43-18-7-4-8-19-43,44-20-9-5-10-21-44)54-33-25-41-16-11-13-22-48(41)60(51)54/h3-35,37-39H,2,36H2,1H3/b6-3-,40-15-. The molecule has 0 spiro atoms. The molecule has 0 aliphatic heterocycles. The molecule has 308 valence electrons. The Hall–Kier alpha value is -7.72. The maximum Gasteiger partial charge on any atom is 0.137 e. The second-order valence-corrected chi connectivity index (χ2v) is 18.5. The van der Waals surface area contributed by atoms with Crippen molar-refractivity contribution in [2.24, 2.45) is 0 Å². The molecule has 0 fully saturated rings. The average molecular weight is 850 g/mol. The van der Waals surface area contributed by atoms with Gasteiger partial charge in [-0.2, -0.15) is 0 Å². The van der Waals surface area contributed by atoms with Crippen LogP contribution in [0.5, 0.6) is 0 Å². The Morgan fingerprint density at radius 3 is 2.02 bits per heavy atom. The smallest absolute Gasteiger partial charge is 0.137 e. The number of hydrogen-bond acceptors (Lipinski definition) is 3. The molecule has 11 aromatic rings. The monoisotopic (exact) mass is 849 g/mol. The lowest BCUT2D eigenvalue weighted by atomic mass is 9.67. The van der Waals surface area contributed by atoms with E-state index in [1.807, 2.05) is 11.3 Å². The van der Waals surface area contributed by atoms with Crippen molar-refractivity contribution in [3.05, 3.63) is 251 Å². The van der Waals surface area contributed by atoms with Gasteiger partial charge in [0.05, 0.1) is 5.41 Å². The van der Waals surface area contributed by atoms with Crippen molar-refractivity contribution in [1.82, 2.24) is 0 Å². The summed E-state index contributed by atoms with van der Waals surface area (Å²) in [6, 6.07) is 69.7. The molecule has 2 nitrogen and oxygen atoms in total. The van der Waals surface area contributed by atoms with Crippen LogP contribution in [0.2, 0.25) is 0 Å². The highest BCUT2D eigenvalue weighted by atomic mass is 32.1. The van der Waals surface area contributed by atoms with E-state index in [1.165, 1.54) is 81.0 Å². The van der Waals surface area contributed by atoms with Gasteiger partial charge in [0.15, 0.2) is 0 Å². The van der Waals surface area contributed by atoms with Crippen molar-refractivity contribution in [2.45, 2.75) is 25.2 Å². The second kappa shape index (κ2) is 14.9. The first-order valence-corrected chi connectivity index (χ1v) is 23.5. The minimum Gasteiger partial charge on any atom is -0.456 e. The number of nitrogens with zero attached hydrogens (tertiary/aromatic N) is 1. The zero-order valence-corrected chi connectivity index (χ0v) is 36.8. The quantitative estimate of drug-likeness (QED) is 0.159. The largest absolute Gasteiger partial charge is 0.456 e. The Bertz CT molecular complexity index is 3750. The van der Waals surface area contributed by atoms with Crippen LogP contribution >= 0.6 is 11.3 Å². The molecule has 3 heteroatoms. The minimum atomic E-state index is -0.566. The van der Waals surface area contributed by atoms with Crippen molar-refractivity contribution in [2.75, 3.05) is 4.90 Å². The van der Waals surface area contributed by atoms with Gasteiger partial charge in [-0.1, -0.05) is 171 Å². The summed E-state index contributed by atoms with van der Waals surface area (Å²) in [5, 5.41) is 8.54. The molecule has 9 aromatic carbocycles. The predicted molar refractivity (Wildman–Crippen MR) is 276 cm³/mol. The summed E-state index contributed by atoms with van der Waals surface area (Å²) in [6.07, 6.45) is 13.2. The zero-order chi connectivity index (χ0) is 43.1. The Morgan fingerprint density at radius 2 is 1.23 bits per heavy atom. The van der Waals surface area contributed by atoms with E-state index in [4.69, 9.17) is 4.42 Å². The van der Waals surface area contributed by atoms with E-state index in [9.17, 15) is 0 Å². The summed E-state index contributed by atoms with van der Waals surface area (Å²) in [5.74, 6) is 0. The third kappa shape index (κ3) is 5.79. The second-order valence-electron chi connectivity index (χ2n) is 17.4. The van der Waals surface area contributed by atoms with Gasteiger partial charge in [0.1, 0.15) is 11.2 Å². The van der Waals surface area contributed by atoms with Crippen molar-refractivity contribution >= 4 is 88.0 Å². The van der Waals surface area contributed by atoms with Crippen LogP contribution in [-0.2, 0) is 11.8 Å². The fraction of sp³-hybridized carbons (Fsp3) is 0.0645. The average Bonchev–Trinajstić information content (AvgIpc) is 4.02. The lowest BCUT2D eigenvalue weighted by Crippen LogP contribution is -2.28. The predicted octanol–water partition coefficient (Wildman–Crippen LogP) is 17.4. The molecule has 2 aromatic heterocycles. The van der Waals surface area contributed by atoms with Crippen LogP contribution in [0.3, 0.4) is 0 Å². The summed E-state index contributed by atoms with van der Waals surface area (Å²) < 4.78 is 8.04. The fourth-order valence-electron chi connectivity index (χ4n) is 11.0. The molecule has 0 N–H and O–H groups in total. The summed E-state index contributed by atoms with van der Waals surface area (Å²) in [6.45, 7) is 2.18. The third-order valence-electron chi connectivity index (χ3n) is 13.9. The van der Waals surface area contributed by atoms with Gasteiger partial charge in [-0.25, -0.2) is 0 Å². The number of hydrogen-bond donors (Lipinski definition) is 0. The van der Waals surface area contributed by atoms with E-state index in [2.05, 4.69) is 230 Å². The molecule has 0 unspecified atom stereocenters. The number of thiophene rings is 1. The van der Waals surface area contributed by atoms with Crippen LogP contribution < -0.4 is 4.90 Å². The maximum atomic E-state index is 6.76. The molecule has 0 amide bonds. The van der Waals surface area contributed by atoms with Gasteiger partial charge < -0.3 is 9.32 Å². The van der Waals surface area contributed by atoms with Gasteiger partial charge in [0, 0.05) is 43.5 Å². The van der Waals surface area contributed by atoms with Gasteiger partial charge in [0.2, 0.25) is 0 Å². The molecule has 13 rings (SSSR count). The summed E-state index contributed by atoms with van der Waals surface area (Å²) in [5.41, 5.74) is 14.8. The number of benzene rings is 9. The van der Waals surface area contributed by atoms with Gasteiger partial charge >= 0.3 is 0 Å². The molecule has 2 aliphatic carbocycles. The van der Waals surface area contributed by atoms with E-state index in [-0.39, 0.29) is 0 Å². The Kier molecular flexibility index (Phi) is 8.69. The van der Waals surface area contributed by atoms with Crippen molar-refractivity contribution in [1.29, 1.82) is 0 Å². The maximum absolute atomic E-state index is 6.76. The van der Waals surface area contributed by atoms with Gasteiger partial charge in [-0.15, -0.1) is 11.3 Å². The van der Waals surface area contributed by atoms with E-state index >= 15 is 0 Å². The van der Waals surface area contributed by atoms with Crippen molar-refractivity contribution in [3.8, 4) is 11.1 Å². The van der Waals surface area contributed by atoms with Gasteiger partial charge in [-0.3, -0.25) is 0 Å². The summed E-state index contributed by atoms with van der Waals surface area (Å²) >= 11 is 1.89. The lowest BCUT2D eigenvalue weighted by molar-refractivity contribution is 0.669. The summed E-state index contributed by atoms with van der Waals surface area (Å²) in [7, 11) is 0. The molecule has 0 saturated heterocycles. The van der Waals surface area contributed by atoms with Crippen molar-refractivity contribution in [3.63, 3.8) is 0 Å². The van der Waals surface area contributed by atoms with Crippen LogP contribution in [0.25, 0.3) is 70.8 Å². The number of furan rings is 1. The Labute approximate surface area is 382 Å². The first kappa shape index (κ1) is 37.8. The van der Waals surface area contributed by atoms with E-state index in [0.29, 0.717) is 0 Å². The molecule has 0 radical (unpaired) electrons. The van der Waals surface area contributed by atoms with Gasteiger partial charge in [-0.05, 0) is 133 Å². The topological polar surface area (TPSA) is 16.4 Å². The first-order chi connectivity index (χ1) is 32.2. The number of rotatable bonds is 7. The first-order valence-electron chi connectivity index (χ1n) is 22.7. The van der Waals surface area contributed by atoms with Crippen LogP contribution in [-0.4, -0.2) is 0 Å². The normalized spacial score (nSPS) is 14.6. The number of fused-ring (bicyclic) bond motifs is 13. The molecule has 2 aliphatic rings. The molecular weight excluding hydrogens is 807 g/mol. The summed E-state index contributed by atoms with van der Waals surface area (Å²) in [4.78, 5) is 3.79. The van der Waals surface area contributed by atoms with Crippen molar-refractivity contribution < 1.29 is 4.42 Å². The SMILES string of the molecule is CC/C=C\C=C1\C=Cc2sc3cc(N(c4ccc5c(c4)C(c4ccccc4)(c4ccccc4)c4ccc6ccccc6c4-5)c4ccc5c(c4)oc4ccc6ccccc6c45)ccc3c2C1. The van der Waals surface area contributed by atoms with E-state index in [1.54, 1.807) is 0 Å².